The molecule has 1 amide bonds. The molecule has 0 aromatic rings. The standard InChI is InChI=1S/C12H25N3O2/c1-9-5-13-6-10(9)11(16)14-7-12(2,17)8-15(3)4/h9-10,13,17H,5-8H2,1-4H3,(H,14,16)/t9-,10-,12?/m1/s1. The van der Waals surface area contributed by atoms with Crippen LogP contribution < -0.4 is 10.6 Å². The summed E-state index contributed by atoms with van der Waals surface area (Å²) >= 11 is 0. The number of likely N-dealkylation sites (N-methyl/N-ethyl adjacent to an activating group) is 1. The Morgan fingerprint density at radius 3 is 2.65 bits per heavy atom. The molecule has 1 heterocycles. The minimum Gasteiger partial charge on any atom is -0.387 e. The fraction of sp³-hybridized carbons (Fsp3) is 0.917. The van der Waals surface area contributed by atoms with Crippen LogP contribution in [0.1, 0.15) is 13.8 Å². The number of nitrogens with one attached hydrogen (secondary N) is 2. The van der Waals surface area contributed by atoms with Crippen LogP contribution in [0.15, 0.2) is 0 Å². The Bertz CT molecular complexity index is 266. The molecule has 0 radical (unpaired) electrons. The van der Waals surface area contributed by atoms with Gasteiger partial charge in [0.2, 0.25) is 5.91 Å². The minimum absolute atomic E-state index is 0.0326. The molecular weight excluding hydrogens is 218 g/mol. The Morgan fingerprint density at radius 1 is 1.53 bits per heavy atom. The van der Waals surface area contributed by atoms with E-state index in [2.05, 4.69) is 17.6 Å². The maximum Gasteiger partial charge on any atom is 0.224 e. The van der Waals surface area contributed by atoms with Crippen LogP contribution >= 0.6 is 0 Å². The van der Waals surface area contributed by atoms with Crippen molar-refractivity contribution >= 4 is 5.91 Å². The van der Waals surface area contributed by atoms with Crippen molar-refractivity contribution in [2.45, 2.75) is 19.4 Å². The molecule has 1 saturated heterocycles. The van der Waals surface area contributed by atoms with Gasteiger partial charge in [0.05, 0.1) is 11.5 Å². The highest BCUT2D eigenvalue weighted by Gasteiger charge is 2.31. The lowest BCUT2D eigenvalue weighted by molar-refractivity contribution is -0.126. The van der Waals surface area contributed by atoms with E-state index < -0.39 is 5.60 Å². The highest BCUT2D eigenvalue weighted by molar-refractivity contribution is 5.79. The van der Waals surface area contributed by atoms with Crippen molar-refractivity contribution < 1.29 is 9.90 Å². The first-order valence-corrected chi connectivity index (χ1v) is 6.17. The van der Waals surface area contributed by atoms with Crippen molar-refractivity contribution in [2.24, 2.45) is 11.8 Å². The predicted octanol–water partition coefficient (Wildman–Crippen LogP) is -0.729. The number of hydrogen-bond acceptors (Lipinski definition) is 4. The van der Waals surface area contributed by atoms with Crippen molar-refractivity contribution in [2.75, 3.05) is 40.3 Å². The van der Waals surface area contributed by atoms with Crippen molar-refractivity contribution in [3.8, 4) is 0 Å². The number of hydrogen-bond donors (Lipinski definition) is 3. The zero-order valence-electron chi connectivity index (χ0n) is 11.3. The lowest BCUT2D eigenvalue weighted by Gasteiger charge is -2.28. The lowest BCUT2D eigenvalue weighted by atomic mass is 9.97. The zero-order chi connectivity index (χ0) is 13.1. The zero-order valence-corrected chi connectivity index (χ0v) is 11.3. The van der Waals surface area contributed by atoms with Gasteiger partial charge in [-0.2, -0.15) is 0 Å². The monoisotopic (exact) mass is 243 g/mol. The molecule has 0 aromatic carbocycles. The van der Waals surface area contributed by atoms with E-state index in [0.717, 1.165) is 13.1 Å². The molecule has 17 heavy (non-hydrogen) atoms. The summed E-state index contributed by atoms with van der Waals surface area (Å²) in [5.74, 6) is 0.445. The van der Waals surface area contributed by atoms with Crippen LogP contribution in [0.25, 0.3) is 0 Å². The first-order chi connectivity index (χ1) is 7.82. The normalized spacial score (nSPS) is 28.1. The molecule has 1 fully saturated rings. The van der Waals surface area contributed by atoms with Crippen LogP contribution in [0.3, 0.4) is 0 Å². The van der Waals surface area contributed by atoms with Gasteiger partial charge in [0.25, 0.3) is 0 Å². The van der Waals surface area contributed by atoms with Crippen molar-refractivity contribution in [1.29, 1.82) is 0 Å². The first kappa shape index (κ1) is 14.4. The Hall–Kier alpha value is -0.650. The molecule has 1 rings (SSSR count). The van der Waals surface area contributed by atoms with E-state index in [4.69, 9.17) is 0 Å². The van der Waals surface area contributed by atoms with E-state index in [1.165, 1.54) is 0 Å². The molecule has 1 unspecified atom stereocenters. The number of nitrogens with zero attached hydrogens (tertiary/aromatic N) is 1. The van der Waals surface area contributed by atoms with E-state index >= 15 is 0 Å². The molecule has 0 saturated carbocycles. The van der Waals surface area contributed by atoms with Gasteiger partial charge in [-0.3, -0.25) is 4.79 Å². The van der Waals surface area contributed by atoms with Crippen LogP contribution in [0.5, 0.6) is 0 Å². The van der Waals surface area contributed by atoms with Crippen LogP contribution in [0.4, 0.5) is 0 Å². The van der Waals surface area contributed by atoms with Gasteiger partial charge >= 0.3 is 0 Å². The summed E-state index contributed by atoms with van der Waals surface area (Å²) in [7, 11) is 3.80. The largest absolute Gasteiger partial charge is 0.387 e. The van der Waals surface area contributed by atoms with Gasteiger partial charge in [-0.25, -0.2) is 0 Å². The molecule has 1 aliphatic heterocycles. The van der Waals surface area contributed by atoms with Crippen LogP contribution in [0.2, 0.25) is 0 Å². The minimum atomic E-state index is -0.881. The predicted molar refractivity (Wildman–Crippen MR) is 67.7 cm³/mol. The Morgan fingerprint density at radius 2 is 2.18 bits per heavy atom. The molecule has 3 atom stereocenters. The third-order valence-corrected chi connectivity index (χ3v) is 3.15. The van der Waals surface area contributed by atoms with E-state index in [9.17, 15) is 9.90 Å². The summed E-state index contributed by atoms with van der Waals surface area (Å²) in [6.45, 7) is 6.28. The van der Waals surface area contributed by atoms with Crippen LogP contribution in [0, 0.1) is 11.8 Å². The number of carbonyl (C=O) groups excluding carboxylic acids is 1. The summed E-state index contributed by atoms with van der Waals surface area (Å²) in [6.07, 6.45) is 0. The van der Waals surface area contributed by atoms with Crippen molar-refractivity contribution in [1.82, 2.24) is 15.5 Å². The lowest BCUT2D eigenvalue weighted by Crippen LogP contribution is -2.48. The third-order valence-electron chi connectivity index (χ3n) is 3.15. The second-order valence-electron chi connectivity index (χ2n) is 5.69. The van der Waals surface area contributed by atoms with E-state index in [0.29, 0.717) is 19.0 Å². The van der Waals surface area contributed by atoms with Gasteiger partial charge in [-0.1, -0.05) is 6.92 Å². The molecule has 1 aliphatic rings. The third kappa shape index (κ3) is 4.61. The summed E-state index contributed by atoms with van der Waals surface area (Å²) in [5, 5.41) is 16.1. The number of aliphatic hydroxyl groups is 1. The van der Waals surface area contributed by atoms with Crippen molar-refractivity contribution in [3.63, 3.8) is 0 Å². The first-order valence-electron chi connectivity index (χ1n) is 6.17. The topological polar surface area (TPSA) is 64.6 Å². The number of carbonyl (C=O) groups is 1. The number of amides is 1. The fourth-order valence-corrected chi connectivity index (χ4v) is 2.31. The molecule has 0 spiro atoms. The van der Waals surface area contributed by atoms with E-state index in [1.54, 1.807) is 6.92 Å². The average Bonchev–Trinajstić information content (AvgIpc) is 2.59. The quantitative estimate of drug-likeness (QED) is 0.596. The Kier molecular flexibility index (Phi) is 4.91. The average molecular weight is 243 g/mol. The summed E-state index contributed by atoms with van der Waals surface area (Å²) in [5.41, 5.74) is -0.881. The van der Waals surface area contributed by atoms with Crippen LogP contribution in [-0.2, 0) is 4.79 Å². The molecule has 0 bridgehead atoms. The highest BCUT2D eigenvalue weighted by atomic mass is 16.3. The van der Waals surface area contributed by atoms with Gasteiger partial charge < -0.3 is 20.6 Å². The summed E-state index contributed by atoms with van der Waals surface area (Å²) < 4.78 is 0. The van der Waals surface area contributed by atoms with Gasteiger partial charge in [0, 0.05) is 19.6 Å². The second-order valence-corrected chi connectivity index (χ2v) is 5.69. The second kappa shape index (κ2) is 5.80. The van der Waals surface area contributed by atoms with E-state index in [1.807, 2.05) is 19.0 Å². The Labute approximate surface area is 104 Å². The van der Waals surface area contributed by atoms with Gasteiger partial charge in [-0.15, -0.1) is 0 Å². The molecule has 0 aromatic heterocycles. The molecule has 100 valence electrons. The van der Waals surface area contributed by atoms with Crippen molar-refractivity contribution in [3.05, 3.63) is 0 Å². The molecule has 3 N–H and O–H groups in total. The van der Waals surface area contributed by atoms with Gasteiger partial charge in [-0.05, 0) is 33.5 Å². The maximum absolute atomic E-state index is 11.9. The fourth-order valence-electron chi connectivity index (χ4n) is 2.31. The molecular formula is C12H25N3O2. The molecule has 0 aliphatic carbocycles. The smallest absolute Gasteiger partial charge is 0.224 e. The molecule has 5 nitrogen and oxygen atoms in total. The maximum atomic E-state index is 11.9. The Balaban J connectivity index is 2.37. The van der Waals surface area contributed by atoms with Gasteiger partial charge in [0.1, 0.15) is 0 Å². The number of rotatable bonds is 5. The summed E-state index contributed by atoms with van der Waals surface area (Å²) in [4.78, 5) is 13.8. The van der Waals surface area contributed by atoms with Gasteiger partial charge in [0.15, 0.2) is 0 Å². The van der Waals surface area contributed by atoms with E-state index in [-0.39, 0.29) is 11.8 Å². The highest BCUT2D eigenvalue weighted by Crippen LogP contribution is 2.16. The molecule has 5 heteroatoms. The van der Waals surface area contributed by atoms with Crippen LogP contribution in [-0.4, -0.2) is 61.8 Å². The summed E-state index contributed by atoms with van der Waals surface area (Å²) in [6, 6.07) is 0. The SMILES string of the molecule is C[C@@H]1CNC[C@H]1C(=O)NCC(C)(O)CN(C)C.